The Hall–Kier alpha value is -3.06. The fourth-order valence-electron chi connectivity index (χ4n) is 3.94. The molecule has 1 aliphatic heterocycles. The number of aryl methyl sites for hydroxylation is 1. The highest BCUT2D eigenvalue weighted by molar-refractivity contribution is 6.30. The van der Waals surface area contributed by atoms with E-state index in [4.69, 9.17) is 11.6 Å². The summed E-state index contributed by atoms with van der Waals surface area (Å²) in [6, 6.07) is 13.3. The first-order valence-electron chi connectivity index (χ1n) is 10.00. The van der Waals surface area contributed by atoms with E-state index in [-0.39, 0.29) is 0 Å². The van der Waals surface area contributed by atoms with E-state index < -0.39 is 35.4 Å². The van der Waals surface area contributed by atoms with E-state index in [9.17, 15) is 19.5 Å². The third kappa shape index (κ3) is 4.66. The molecule has 8 heteroatoms. The van der Waals surface area contributed by atoms with Crippen LogP contribution in [-0.2, 0) is 16.0 Å². The summed E-state index contributed by atoms with van der Waals surface area (Å²) in [6.45, 7) is 5.10. The number of nitrogens with zero attached hydrogens (tertiary/aromatic N) is 1. The molecule has 31 heavy (non-hydrogen) atoms. The third-order valence-electron chi connectivity index (χ3n) is 5.66. The number of anilines is 2. The average molecular weight is 444 g/mol. The molecule has 3 rings (SSSR count). The monoisotopic (exact) mass is 443 g/mol. The number of carbonyl (C=O) groups is 3. The summed E-state index contributed by atoms with van der Waals surface area (Å²) in [6.07, 6.45) is 0.840. The molecular weight excluding hydrogens is 418 g/mol. The van der Waals surface area contributed by atoms with Crippen molar-refractivity contribution in [2.75, 3.05) is 16.8 Å². The number of fused-ring (bicyclic) bond motifs is 1. The van der Waals surface area contributed by atoms with Gasteiger partial charge in [0.05, 0.1) is 0 Å². The van der Waals surface area contributed by atoms with Crippen LogP contribution in [0.3, 0.4) is 0 Å². The summed E-state index contributed by atoms with van der Waals surface area (Å²) < 4.78 is 0. The molecular formula is C23H26ClN3O4. The molecule has 0 radical (unpaired) electrons. The molecule has 1 atom stereocenters. The molecule has 0 aromatic heterocycles. The molecule has 7 nitrogen and oxygen atoms in total. The fourth-order valence-corrected chi connectivity index (χ4v) is 4.06. The second kappa shape index (κ2) is 8.59. The van der Waals surface area contributed by atoms with E-state index in [0.29, 0.717) is 29.2 Å². The number of nitrogens with one attached hydrogen (secondary N) is 2. The first kappa shape index (κ1) is 22.6. The van der Waals surface area contributed by atoms with Crippen LogP contribution >= 0.6 is 11.6 Å². The van der Waals surface area contributed by atoms with Crippen molar-refractivity contribution in [3.63, 3.8) is 0 Å². The van der Waals surface area contributed by atoms with E-state index in [1.54, 1.807) is 36.4 Å². The van der Waals surface area contributed by atoms with E-state index in [2.05, 4.69) is 10.6 Å². The number of hydrogen-bond donors (Lipinski definition) is 3. The van der Waals surface area contributed by atoms with Crippen LogP contribution in [0.15, 0.2) is 48.5 Å². The van der Waals surface area contributed by atoms with Crippen LogP contribution in [0.5, 0.6) is 0 Å². The van der Waals surface area contributed by atoms with Crippen molar-refractivity contribution in [1.82, 2.24) is 5.32 Å². The van der Waals surface area contributed by atoms with Gasteiger partial charge in [0.15, 0.2) is 0 Å². The predicted octanol–water partition coefficient (Wildman–Crippen LogP) is 4.31. The Morgan fingerprint density at radius 2 is 1.77 bits per heavy atom. The highest BCUT2D eigenvalue weighted by Gasteiger charge is 2.53. The molecule has 0 bridgehead atoms. The quantitative estimate of drug-likeness (QED) is 0.655. The van der Waals surface area contributed by atoms with Crippen molar-refractivity contribution < 1.29 is 19.5 Å². The number of amides is 3. The number of hydrogen-bond acceptors (Lipinski definition) is 3. The Morgan fingerprint density at radius 1 is 1.13 bits per heavy atom. The molecule has 0 saturated carbocycles. The number of carboxylic acids is 1. The zero-order valence-electron chi connectivity index (χ0n) is 17.7. The van der Waals surface area contributed by atoms with Gasteiger partial charge in [0, 0.05) is 16.4 Å². The van der Waals surface area contributed by atoms with E-state index in [1.165, 1.54) is 4.90 Å². The second-order valence-electron chi connectivity index (χ2n) is 8.66. The highest BCUT2D eigenvalue weighted by atomic mass is 35.5. The molecule has 0 saturated heterocycles. The number of aliphatic carboxylic acids is 1. The Balaban J connectivity index is 1.99. The average Bonchev–Trinajstić information content (AvgIpc) is 2.80. The number of carboxylic acid groups (broad SMARTS) is 1. The van der Waals surface area contributed by atoms with Gasteiger partial charge >= 0.3 is 12.0 Å². The second-order valence-corrected chi connectivity index (χ2v) is 9.09. The Labute approximate surface area is 186 Å². The summed E-state index contributed by atoms with van der Waals surface area (Å²) in [5.41, 5.74) is -0.0696. The molecule has 164 valence electrons. The molecule has 0 fully saturated rings. The van der Waals surface area contributed by atoms with Crippen LogP contribution in [0.25, 0.3) is 0 Å². The number of urea groups is 1. The molecule has 3 N–H and O–H groups in total. The van der Waals surface area contributed by atoms with Crippen molar-refractivity contribution >= 4 is 40.9 Å². The van der Waals surface area contributed by atoms with Crippen LogP contribution in [-0.4, -0.2) is 35.1 Å². The van der Waals surface area contributed by atoms with Gasteiger partial charge in [-0.3, -0.25) is 14.5 Å². The van der Waals surface area contributed by atoms with Crippen LogP contribution in [0, 0.1) is 5.41 Å². The normalized spacial score (nSPS) is 18.7. The number of benzene rings is 2. The number of carbonyl (C=O) groups excluding carboxylic acids is 2. The smallest absolute Gasteiger partial charge is 0.323 e. The van der Waals surface area contributed by atoms with Gasteiger partial charge in [-0.05, 0) is 54.2 Å². The Morgan fingerprint density at radius 3 is 2.39 bits per heavy atom. The van der Waals surface area contributed by atoms with Gasteiger partial charge in [-0.15, -0.1) is 0 Å². The van der Waals surface area contributed by atoms with Crippen LogP contribution in [0.2, 0.25) is 5.02 Å². The van der Waals surface area contributed by atoms with Crippen LogP contribution in [0.4, 0.5) is 16.2 Å². The lowest BCUT2D eigenvalue weighted by Gasteiger charge is -2.45. The highest BCUT2D eigenvalue weighted by Crippen LogP contribution is 2.41. The zero-order valence-corrected chi connectivity index (χ0v) is 18.5. The first-order valence-corrected chi connectivity index (χ1v) is 10.4. The SMILES string of the molecule is CC(C)(C)C1(NC(=O)Nc2ccc(Cl)cc2)CCc2ccccc2N(CC(=O)O)C1=O. The predicted molar refractivity (Wildman–Crippen MR) is 121 cm³/mol. The molecule has 0 spiro atoms. The largest absolute Gasteiger partial charge is 0.480 e. The lowest BCUT2D eigenvalue weighted by atomic mass is 9.70. The van der Waals surface area contributed by atoms with Gasteiger partial charge in [-0.25, -0.2) is 4.79 Å². The molecule has 1 aliphatic rings. The van der Waals surface area contributed by atoms with Gasteiger partial charge in [-0.2, -0.15) is 0 Å². The lowest BCUT2D eigenvalue weighted by Crippen LogP contribution is -2.67. The van der Waals surface area contributed by atoms with Gasteiger partial charge in [-0.1, -0.05) is 50.6 Å². The maximum Gasteiger partial charge on any atom is 0.323 e. The van der Waals surface area contributed by atoms with Crippen molar-refractivity contribution in [2.24, 2.45) is 5.41 Å². The topological polar surface area (TPSA) is 98.7 Å². The fraction of sp³-hybridized carbons (Fsp3) is 0.348. The van der Waals surface area contributed by atoms with E-state index in [1.807, 2.05) is 32.9 Å². The number of para-hydroxylation sites is 1. The molecule has 2 aromatic rings. The van der Waals surface area contributed by atoms with Crippen LogP contribution < -0.4 is 15.5 Å². The van der Waals surface area contributed by atoms with Crippen molar-refractivity contribution in [1.29, 1.82) is 0 Å². The van der Waals surface area contributed by atoms with E-state index in [0.717, 1.165) is 5.56 Å². The van der Waals surface area contributed by atoms with E-state index >= 15 is 0 Å². The van der Waals surface area contributed by atoms with Crippen molar-refractivity contribution in [3.05, 3.63) is 59.1 Å². The molecule has 3 amide bonds. The number of rotatable bonds is 4. The van der Waals surface area contributed by atoms with Gasteiger partial charge < -0.3 is 15.7 Å². The van der Waals surface area contributed by atoms with Gasteiger partial charge in [0.25, 0.3) is 5.91 Å². The summed E-state index contributed by atoms with van der Waals surface area (Å²) in [5.74, 6) is -1.57. The molecule has 0 aliphatic carbocycles. The summed E-state index contributed by atoms with van der Waals surface area (Å²) in [4.78, 5) is 39.6. The zero-order chi connectivity index (χ0) is 22.8. The minimum Gasteiger partial charge on any atom is -0.480 e. The maximum atomic E-state index is 13.8. The number of halogens is 1. The minimum absolute atomic E-state index is 0.330. The first-order chi connectivity index (χ1) is 14.5. The Bertz CT molecular complexity index is 1000. The minimum atomic E-state index is -1.32. The summed E-state index contributed by atoms with van der Waals surface area (Å²) >= 11 is 5.90. The molecule has 2 aromatic carbocycles. The summed E-state index contributed by atoms with van der Waals surface area (Å²) in [5, 5.41) is 15.6. The van der Waals surface area contributed by atoms with Crippen LogP contribution in [0.1, 0.15) is 32.8 Å². The van der Waals surface area contributed by atoms with Crippen molar-refractivity contribution in [3.8, 4) is 0 Å². The Kier molecular flexibility index (Phi) is 6.27. The standard InChI is InChI=1S/C23H26ClN3O4/c1-22(2,3)23(26-21(31)25-17-10-8-16(24)9-11-17)13-12-15-6-4-5-7-18(15)27(20(23)30)14-19(28)29/h4-11H,12-14H2,1-3H3,(H,28,29)(H2,25,26,31). The lowest BCUT2D eigenvalue weighted by molar-refractivity contribution is -0.138. The van der Waals surface area contributed by atoms with Gasteiger partial charge in [0.1, 0.15) is 12.1 Å². The van der Waals surface area contributed by atoms with Crippen molar-refractivity contribution in [2.45, 2.75) is 39.2 Å². The summed E-state index contributed by atoms with van der Waals surface area (Å²) in [7, 11) is 0. The van der Waals surface area contributed by atoms with Gasteiger partial charge in [0.2, 0.25) is 0 Å². The molecule has 1 heterocycles. The molecule has 1 unspecified atom stereocenters. The maximum absolute atomic E-state index is 13.8. The third-order valence-corrected chi connectivity index (χ3v) is 5.92.